The van der Waals surface area contributed by atoms with E-state index in [1.165, 1.54) is 11.1 Å². The summed E-state index contributed by atoms with van der Waals surface area (Å²) in [5.41, 5.74) is 2.55. The number of hydrogen-bond acceptors (Lipinski definition) is 0. The number of benzene rings is 1. The monoisotopic (exact) mass is 261 g/mol. The van der Waals surface area contributed by atoms with E-state index in [0.717, 1.165) is 10.7 Å². The first-order chi connectivity index (χ1) is 4.86. The summed E-state index contributed by atoms with van der Waals surface area (Å²) < 4.78 is 0. The fourth-order valence-electron chi connectivity index (χ4n) is 0.732. The summed E-state index contributed by atoms with van der Waals surface area (Å²) in [6.07, 6.45) is 0. The molecule has 0 heterocycles. The van der Waals surface area contributed by atoms with Gasteiger partial charge in [-0.1, -0.05) is 50.1 Å². The Bertz CT molecular complexity index is 189. The van der Waals surface area contributed by atoms with E-state index in [0.29, 0.717) is 0 Å². The first-order valence-corrected chi connectivity index (χ1v) is 5.22. The van der Waals surface area contributed by atoms with Gasteiger partial charge in [0.25, 0.3) is 0 Å². The second kappa shape index (κ2) is 4.14. The lowest BCUT2D eigenvalue weighted by atomic mass is 10.2. The van der Waals surface area contributed by atoms with Crippen molar-refractivity contribution in [3.05, 3.63) is 35.4 Å². The average molecular weight is 263 g/mol. The lowest BCUT2D eigenvalue weighted by Gasteiger charge is -1.96. The van der Waals surface area contributed by atoms with Crippen molar-refractivity contribution in [2.24, 2.45) is 0 Å². The molecular formula is C8H7Br2. The standard InChI is InChI=1S/C8H7Br2/c9-5-7-2-1-3-8(4-7)6-10/h2-4H,5-6H2. The molecule has 0 aliphatic carbocycles. The molecule has 0 atom stereocenters. The Morgan fingerprint density at radius 1 is 1.10 bits per heavy atom. The van der Waals surface area contributed by atoms with Crippen LogP contribution in [0.3, 0.4) is 0 Å². The lowest BCUT2D eigenvalue weighted by molar-refractivity contribution is 1.35. The number of halogens is 2. The maximum Gasteiger partial charge on any atom is 0.0283 e. The minimum absolute atomic E-state index is 0.907. The van der Waals surface area contributed by atoms with Crippen molar-refractivity contribution >= 4 is 31.9 Å². The summed E-state index contributed by atoms with van der Waals surface area (Å²) in [5, 5.41) is 1.81. The van der Waals surface area contributed by atoms with E-state index in [9.17, 15) is 0 Å². The third-order valence-corrected chi connectivity index (χ3v) is 2.51. The third-order valence-electron chi connectivity index (χ3n) is 1.22. The molecule has 0 saturated heterocycles. The Kier molecular flexibility index (Phi) is 3.43. The van der Waals surface area contributed by atoms with Crippen molar-refractivity contribution in [1.29, 1.82) is 0 Å². The van der Waals surface area contributed by atoms with E-state index in [1.807, 2.05) is 12.1 Å². The van der Waals surface area contributed by atoms with Gasteiger partial charge in [-0.15, -0.1) is 0 Å². The Morgan fingerprint density at radius 3 is 2.00 bits per heavy atom. The van der Waals surface area contributed by atoms with Gasteiger partial charge >= 0.3 is 0 Å². The number of rotatable bonds is 2. The highest BCUT2D eigenvalue weighted by Crippen LogP contribution is 2.10. The SMILES string of the molecule is BrCc1c[c]cc(CBr)c1. The molecule has 0 saturated carbocycles. The highest BCUT2D eigenvalue weighted by atomic mass is 79.9. The Labute approximate surface area is 77.9 Å². The molecule has 0 unspecified atom stereocenters. The molecule has 0 aliphatic heterocycles. The Morgan fingerprint density at radius 2 is 1.60 bits per heavy atom. The predicted molar refractivity (Wildman–Crippen MR) is 50.5 cm³/mol. The second-order valence-electron chi connectivity index (χ2n) is 2.02. The van der Waals surface area contributed by atoms with Gasteiger partial charge in [0.1, 0.15) is 0 Å². The van der Waals surface area contributed by atoms with Crippen LogP contribution in [0.1, 0.15) is 11.1 Å². The van der Waals surface area contributed by atoms with Crippen LogP contribution in [0.25, 0.3) is 0 Å². The van der Waals surface area contributed by atoms with Gasteiger partial charge in [0.2, 0.25) is 0 Å². The van der Waals surface area contributed by atoms with E-state index in [1.54, 1.807) is 0 Å². The van der Waals surface area contributed by atoms with Gasteiger partial charge in [-0.3, -0.25) is 0 Å². The van der Waals surface area contributed by atoms with Crippen LogP contribution in [-0.4, -0.2) is 0 Å². The maximum atomic E-state index is 3.39. The Balaban J connectivity index is 2.87. The third kappa shape index (κ3) is 2.10. The smallest absolute Gasteiger partial charge is 0.0283 e. The normalized spacial score (nSPS) is 9.80. The van der Waals surface area contributed by atoms with Crippen LogP contribution in [0.15, 0.2) is 18.2 Å². The van der Waals surface area contributed by atoms with E-state index >= 15 is 0 Å². The van der Waals surface area contributed by atoms with E-state index in [-0.39, 0.29) is 0 Å². The highest BCUT2D eigenvalue weighted by Gasteiger charge is 1.91. The van der Waals surface area contributed by atoms with Crippen LogP contribution in [0.2, 0.25) is 0 Å². The largest absolute Gasteiger partial charge is 0.0876 e. The molecule has 1 aromatic carbocycles. The van der Waals surface area contributed by atoms with Gasteiger partial charge in [-0.2, -0.15) is 0 Å². The van der Waals surface area contributed by atoms with Crippen molar-refractivity contribution in [3.63, 3.8) is 0 Å². The summed E-state index contributed by atoms with van der Waals surface area (Å²) in [6, 6.07) is 9.20. The maximum absolute atomic E-state index is 3.39. The summed E-state index contributed by atoms with van der Waals surface area (Å²) in [4.78, 5) is 0. The lowest BCUT2D eigenvalue weighted by Crippen LogP contribution is -1.80. The van der Waals surface area contributed by atoms with E-state index in [2.05, 4.69) is 44.0 Å². The van der Waals surface area contributed by atoms with Crippen LogP contribution in [-0.2, 0) is 10.7 Å². The molecule has 0 bridgehead atoms. The van der Waals surface area contributed by atoms with Crippen molar-refractivity contribution in [1.82, 2.24) is 0 Å². The van der Waals surface area contributed by atoms with Gasteiger partial charge in [-0.25, -0.2) is 0 Å². The molecule has 0 N–H and O–H groups in total. The average Bonchev–Trinajstić information content (AvgIpc) is 2.05. The molecule has 0 aromatic heterocycles. The van der Waals surface area contributed by atoms with Gasteiger partial charge in [0, 0.05) is 10.7 Å². The van der Waals surface area contributed by atoms with Crippen LogP contribution in [0, 0.1) is 6.07 Å². The van der Waals surface area contributed by atoms with Crippen molar-refractivity contribution in [2.45, 2.75) is 10.7 Å². The number of alkyl halides is 2. The summed E-state index contributed by atoms with van der Waals surface area (Å²) in [5.74, 6) is 0. The highest BCUT2D eigenvalue weighted by molar-refractivity contribution is 9.08. The first-order valence-electron chi connectivity index (χ1n) is 2.97. The minimum Gasteiger partial charge on any atom is -0.0876 e. The van der Waals surface area contributed by atoms with E-state index < -0.39 is 0 Å². The topological polar surface area (TPSA) is 0 Å². The molecular weight excluding hydrogens is 256 g/mol. The zero-order valence-electron chi connectivity index (χ0n) is 5.40. The van der Waals surface area contributed by atoms with Gasteiger partial charge in [0.15, 0.2) is 0 Å². The molecule has 1 aromatic rings. The molecule has 0 amide bonds. The van der Waals surface area contributed by atoms with Gasteiger partial charge < -0.3 is 0 Å². The Hall–Kier alpha value is 0.180. The van der Waals surface area contributed by atoms with Crippen molar-refractivity contribution in [3.8, 4) is 0 Å². The fraction of sp³-hybridized carbons (Fsp3) is 0.250. The molecule has 1 rings (SSSR count). The van der Waals surface area contributed by atoms with Crippen molar-refractivity contribution < 1.29 is 0 Å². The quantitative estimate of drug-likeness (QED) is 0.718. The number of hydrogen-bond donors (Lipinski definition) is 0. The summed E-state index contributed by atoms with van der Waals surface area (Å²) >= 11 is 6.77. The molecule has 10 heavy (non-hydrogen) atoms. The molecule has 0 spiro atoms. The van der Waals surface area contributed by atoms with Crippen LogP contribution in [0.4, 0.5) is 0 Å². The predicted octanol–water partition coefficient (Wildman–Crippen LogP) is 3.28. The van der Waals surface area contributed by atoms with Crippen molar-refractivity contribution in [2.75, 3.05) is 0 Å². The summed E-state index contributed by atoms with van der Waals surface area (Å²) in [7, 11) is 0. The molecule has 1 radical (unpaired) electrons. The van der Waals surface area contributed by atoms with Gasteiger partial charge in [-0.05, 0) is 17.2 Å². The summed E-state index contributed by atoms with van der Waals surface area (Å²) in [6.45, 7) is 0. The van der Waals surface area contributed by atoms with Crippen LogP contribution < -0.4 is 0 Å². The van der Waals surface area contributed by atoms with Gasteiger partial charge in [0.05, 0.1) is 0 Å². The molecule has 0 fully saturated rings. The van der Waals surface area contributed by atoms with E-state index in [4.69, 9.17) is 0 Å². The minimum atomic E-state index is 0.907. The molecule has 2 heteroatoms. The molecule has 0 aliphatic rings. The zero-order chi connectivity index (χ0) is 7.40. The fourth-order valence-corrected chi connectivity index (χ4v) is 1.38. The van der Waals surface area contributed by atoms with Crippen LogP contribution >= 0.6 is 31.9 Å². The molecule has 0 nitrogen and oxygen atoms in total. The van der Waals surface area contributed by atoms with Crippen LogP contribution in [0.5, 0.6) is 0 Å². The second-order valence-corrected chi connectivity index (χ2v) is 3.14. The first kappa shape index (κ1) is 8.28. The molecule has 53 valence electrons. The zero-order valence-corrected chi connectivity index (χ0v) is 8.57.